The van der Waals surface area contributed by atoms with Crippen LogP contribution in [0.2, 0.25) is 0 Å². The molecular formula is C14H15N5O2. The first-order valence-corrected chi connectivity index (χ1v) is 6.41. The minimum atomic E-state index is -0.206. The van der Waals surface area contributed by atoms with Crippen molar-refractivity contribution < 1.29 is 4.74 Å². The van der Waals surface area contributed by atoms with Gasteiger partial charge in [-0.2, -0.15) is 5.10 Å². The number of aromatic amines is 1. The van der Waals surface area contributed by atoms with Crippen LogP contribution in [-0.2, 0) is 18.4 Å². The van der Waals surface area contributed by atoms with Crippen molar-refractivity contribution in [2.75, 3.05) is 12.8 Å². The van der Waals surface area contributed by atoms with Crippen molar-refractivity contribution >= 4 is 16.7 Å². The maximum absolute atomic E-state index is 12.2. The minimum absolute atomic E-state index is 0.206. The molecule has 21 heavy (non-hydrogen) atoms. The molecule has 0 aliphatic rings. The Morgan fingerprint density at radius 3 is 2.90 bits per heavy atom. The van der Waals surface area contributed by atoms with Gasteiger partial charge in [-0.1, -0.05) is 12.1 Å². The molecule has 0 spiro atoms. The predicted molar refractivity (Wildman–Crippen MR) is 79.7 cm³/mol. The number of ether oxygens (including phenoxy) is 1. The molecule has 0 bridgehead atoms. The number of anilines is 1. The number of aryl methyl sites for hydroxylation is 1. The normalized spacial score (nSPS) is 11.1. The molecule has 0 fully saturated rings. The van der Waals surface area contributed by atoms with Crippen molar-refractivity contribution in [1.82, 2.24) is 19.7 Å². The average molecular weight is 285 g/mol. The maximum Gasteiger partial charge on any atom is 0.259 e. The van der Waals surface area contributed by atoms with E-state index in [0.29, 0.717) is 33.8 Å². The van der Waals surface area contributed by atoms with E-state index in [1.54, 1.807) is 37.0 Å². The Morgan fingerprint density at radius 2 is 2.14 bits per heavy atom. The molecule has 0 atom stereocenters. The molecule has 0 saturated carbocycles. The molecule has 2 aromatic heterocycles. The van der Waals surface area contributed by atoms with Gasteiger partial charge in [-0.25, -0.2) is 4.98 Å². The van der Waals surface area contributed by atoms with E-state index in [1.165, 1.54) is 0 Å². The highest BCUT2D eigenvalue weighted by Crippen LogP contribution is 2.27. The van der Waals surface area contributed by atoms with E-state index in [9.17, 15) is 4.79 Å². The van der Waals surface area contributed by atoms with Crippen LogP contribution >= 0.6 is 0 Å². The quantitative estimate of drug-likeness (QED) is 0.749. The van der Waals surface area contributed by atoms with Crippen molar-refractivity contribution in [2.24, 2.45) is 7.05 Å². The van der Waals surface area contributed by atoms with Gasteiger partial charge in [0.15, 0.2) is 0 Å². The summed E-state index contributed by atoms with van der Waals surface area (Å²) in [4.78, 5) is 19.4. The van der Waals surface area contributed by atoms with Crippen molar-refractivity contribution in [3.8, 4) is 11.4 Å². The number of aromatic nitrogens is 4. The summed E-state index contributed by atoms with van der Waals surface area (Å²) in [7, 11) is 3.31. The first kappa shape index (κ1) is 13.3. The standard InChI is InChI=1S/C14H15N5O2/c1-19-12(15)11(10(18-19)7-21-2)13-16-9-6-4-3-5-8(9)14(20)17-13/h3-6H,7,15H2,1-2H3,(H,16,17,20). The van der Waals surface area contributed by atoms with Crippen LogP contribution in [0.5, 0.6) is 0 Å². The fourth-order valence-electron chi connectivity index (χ4n) is 2.30. The van der Waals surface area contributed by atoms with Gasteiger partial charge in [-0.3, -0.25) is 9.48 Å². The summed E-state index contributed by atoms with van der Waals surface area (Å²) in [5.74, 6) is 0.830. The molecule has 3 aromatic rings. The minimum Gasteiger partial charge on any atom is -0.383 e. The van der Waals surface area contributed by atoms with Crippen LogP contribution in [0.15, 0.2) is 29.1 Å². The number of nitrogens with zero attached hydrogens (tertiary/aromatic N) is 3. The van der Waals surface area contributed by atoms with E-state index in [-0.39, 0.29) is 12.2 Å². The molecule has 108 valence electrons. The molecule has 0 saturated heterocycles. The lowest BCUT2D eigenvalue weighted by molar-refractivity contribution is 0.181. The zero-order chi connectivity index (χ0) is 15.0. The summed E-state index contributed by atoms with van der Waals surface area (Å²) in [6.07, 6.45) is 0. The molecule has 0 aliphatic carbocycles. The fourth-order valence-corrected chi connectivity index (χ4v) is 2.30. The van der Waals surface area contributed by atoms with E-state index in [1.807, 2.05) is 6.07 Å². The van der Waals surface area contributed by atoms with Crippen molar-refractivity contribution in [1.29, 1.82) is 0 Å². The summed E-state index contributed by atoms with van der Waals surface area (Å²) < 4.78 is 6.67. The van der Waals surface area contributed by atoms with Gasteiger partial charge in [-0.05, 0) is 12.1 Å². The molecule has 7 nitrogen and oxygen atoms in total. The lowest BCUT2D eigenvalue weighted by Gasteiger charge is -2.04. The molecule has 0 amide bonds. The number of hydrogen-bond acceptors (Lipinski definition) is 5. The highest BCUT2D eigenvalue weighted by molar-refractivity contribution is 5.81. The summed E-state index contributed by atoms with van der Waals surface area (Å²) >= 11 is 0. The Kier molecular flexibility index (Phi) is 3.19. The molecular weight excluding hydrogens is 270 g/mol. The number of para-hydroxylation sites is 1. The van der Waals surface area contributed by atoms with E-state index < -0.39 is 0 Å². The van der Waals surface area contributed by atoms with Gasteiger partial charge < -0.3 is 15.5 Å². The van der Waals surface area contributed by atoms with Gasteiger partial charge in [0.2, 0.25) is 0 Å². The third-order valence-corrected chi connectivity index (χ3v) is 3.29. The molecule has 7 heteroatoms. The number of H-pyrrole nitrogens is 1. The van der Waals surface area contributed by atoms with Crippen molar-refractivity contribution in [2.45, 2.75) is 6.61 Å². The van der Waals surface area contributed by atoms with Crippen LogP contribution in [0.4, 0.5) is 5.82 Å². The number of nitrogens with one attached hydrogen (secondary N) is 1. The summed E-state index contributed by atoms with van der Waals surface area (Å²) in [5.41, 5.74) is 7.68. The molecule has 2 heterocycles. The number of benzene rings is 1. The lowest BCUT2D eigenvalue weighted by atomic mass is 10.2. The van der Waals surface area contributed by atoms with Crippen molar-refractivity contribution in [3.63, 3.8) is 0 Å². The first-order valence-electron chi connectivity index (χ1n) is 6.41. The third-order valence-electron chi connectivity index (χ3n) is 3.29. The zero-order valence-electron chi connectivity index (χ0n) is 11.8. The summed E-state index contributed by atoms with van der Waals surface area (Å²) in [6.45, 7) is 0.289. The summed E-state index contributed by atoms with van der Waals surface area (Å²) in [6, 6.07) is 7.15. The topological polar surface area (TPSA) is 98.8 Å². The number of hydrogen-bond donors (Lipinski definition) is 2. The zero-order valence-corrected chi connectivity index (χ0v) is 11.8. The van der Waals surface area contributed by atoms with Crippen LogP contribution in [-0.4, -0.2) is 26.9 Å². The number of methoxy groups -OCH3 is 1. The average Bonchev–Trinajstić information content (AvgIpc) is 2.74. The number of nitrogen functional groups attached to an aromatic ring is 1. The second-order valence-electron chi connectivity index (χ2n) is 4.70. The van der Waals surface area contributed by atoms with E-state index in [2.05, 4.69) is 15.1 Å². The Labute approximate surface area is 120 Å². The second kappa shape index (κ2) is 5.02. The predicted octanol–water partition coefficient (Wildman–Crippen LogP) is 1.05. The Morgan fingerprint density at radius 1 is 1.38 bits per heavy atom. The highest BCUT2D eigenvalue weighted by Gasteiger charge is 2.18. The van der Waals surface area contributed by atoms with Gasteiger partial charge in [0.05, 0.1) is 23.1 Å². The molecule has 3 N–H and O–H groups in total. The maximum atomic E-state index is 12.2. The van der Waals surface area contributed by atoms with Gasteiger partial charge in [-0.15, -0.1) is 0 Å². The van der Waals surface area contributed by atoms with Gasteiger partial charge in [0.25, 0.3) is 5.56 Å². The van der Waals surface area contributed by atoms with Crippen LogP contribution in [0.1, 0.15) is 5.69 Å². The van der Waals surface area contributed by atoms with E-state index >= 15 is 0 Å². The first-order chi connectivity index (χ1) is 10.1. The summed E-state index contributed by atoms with van der Waals surface area (Å²) in [5, 5.41) is 4.83. The molecule has 0 aliphatic heterocycles. The van der Waals surface area contributed by atoms with E-state index in [0.717, 1.165) is 0 Å². The molecule has 3 rings (SSSR count). The van der Waals surface area contributed by atoms with Crippen LogP contribution in [0, 0.1) is 0 Å². The molecule has 0 unspecified atom stereocenters. The van der Waals surface area contributed by atoms with Crippen LogP contribution < -0.4 is 11.3 Å². The van der Waals surface area contributed by atoms with Crippen LogP contribution in [0.25, 0.3) is 22.3 Å². The van der Waals surface area contributed by atoms with Crippen molar-refractivity contribution in [3.05, 3.63) is 40.3 Å². The van der Waals surface area contributed by atoms with E-state index in [4.69, 9.17) is 10.5 Å². The number of fused-ring (bicyclic) bond motifs is 1. The highest BCUT2D eigenvalue weighted by atomic mass is 16.5. The second-order valence-corrected chi connectivity index (χ2v) is 4.70. The Balaban J connectivity index is 2.28. The SMILES string of the molecule is COCc1nn(C)c(N)c1-c1nc2ccccc2c(=O)[nH]1. The molecule has 1 aromatic carbocycles. The van der Waals surface area contributed by atoms with Gasteiger partial charge >= 0.3 is 0 Å². The monoisotopic (exact) mass is 285 g/mol. The number of rotatable bonds is 3. The third kappa shape index (κ3) is 2.17. The Hall–Kier alpha value is -2.67. The molecule has 0 radical (unpaired) electrons. The van der Waals surface area contributed by atoms with Gasteiger partial charge in [0.1, 0.15) is 17.3 Å². The largest absolute Gasteiger partial charge is 0.383 e. The lowest BCUT2D eigenvalue weighted by Crippen LogP contribution is -2.10. The van der Waals surface area contributed by atoms with Gasteiger partial charge in [0, 0.05) is 14.2 Å². The van der Waals surface area contributed by atoms with Crippen LogP contribution in [0.3, 0.4) is 0 Å². The fraction of sp³-hybridized carbons (Fsp3) is 0.214. The smallest absolute Gasteiger partial charge is 0.259 e. The Bertz CT molecular complexity index is 865. The number of nitrogens with two attached hydrogens (primary N) is 1.